The number of benzene rings is 4. The van der Waals surface area contributed by atoms with E-state index in [0.717, 1.165) is 4.47 Å². The molecule has 0 amide bonds. The molecule has 1 aliphatic heterocycles. The molecule has 0 radical (unpaired) electrons. The van der Waals surface area contributed by atoms with Crippen LogP contribution in [0.15, 0.2) is 99.2 Å². The second kappa shape index (κ2) is 6.22. The lowest BCUT2D eigenvalue weighted by Crippen LogP contribution is -2.32. The molecule has 4 aromatic rings. The molecule has 0 nitrogen and oxygen atoms in total. The van der Waals surface area contributed by atoms with Crippen LogP contribution in [0, 0.1) is 3.57 Å². The van der Waals surface area contributed by atoms with Crippen LogP contribution in [0.3, 0.4) is 0 Å². The second-order valence-electron chi connectivity index (χ2n) is 7.22. The van der Waals surface area contributed by atoms with Crippen molar-refractivity contribution in [1.82, 2.24) is 0 Å². The van der Waals surface area contributed by atoms with Gasteiger partial charge in [0.05, 0.1) is 5.41 Å². The SMILES string of the molecule is Brc1ccc2c(c1)Sc1cc(I)ccc1C21c2ccccc2-c2ccccc21. The Labute approximate surface area is 190 Å². The van der Waals surface area contributed by atoms with E-state index < -0.39 is 0 Å². The van der Waals surface area contributed by atoms with Crippen molar-refractivity contribution in [1.29, 1.82) is 0 Å². The minimum Gasteiger partial charge on any atom is -0.0893 e. The molecule has 2 aliphatic rings. The van der Waals surface area contributed by atoms with Crippen molar-refractivity contribution in [3.63, 3.8) is 0 Å². The topological polar surface area (TPSA) is 0 Å². The zero-order chi connectivity index (χ0) is 18.9. The van der Waals surface area contributed by atoms with Crippen LogP contribution >= 0.6 is 50.3 Å². The van der Waals surface area contributed by atoms with E-state index in [9.17, 15) is 0 Å². The van der Waals surface area contributed by atoms with Gasteiger partial charge in [0.2, 0.25) is 0 Å². The smallest absolute Gasteiger partial charge is 0.0735 e. The van der Waals surface area contributed by atoms with Crippen LogP contribution in [0.1, 0.15) is 22.3 Å². The summed E-state index contributed by atoms with van der Waals surface area (Å²) in [5.41, 5.74) is 8.00. The Balaban J connectivity index is 1.84. The Kier molecular flexibility index (Phi) is 3.84. The van der Waals surface area contributed by atoms with Gasteiger partial charge in [-0.25, -0.2) is 0 Å². The second-order valence-corrected chi connectivity index (χ2v) is 10.5. The quantitative estimate of drug-likeness (QED) is 0.173. The first kappa shape index (κ1) is 17.3. The standard InChI is InChI=1S/C25H14BrIS/c26-15-9-11-21-23(13-15)28-24-14-16(27)10-12-22(24)25(21)19-7-3-1-5-17(19)18-6-2-4-8-20(18)25/h1-14H. The maximum absolute atomic E-state index is 3.69. The van der Waals surface area contributed by atoms with Crippen LogP contribution in [-0.2, 0) is 5.41 Å². The third-order valence-electron chi connectivity index (χ3n) is 5.87. The Hall–Kier alpha value is -1.56. The minimum atomic E-state index is -0.256. The highest BCUT2D eigenvalue weighted by Crippen LogP contribution is 2.62. The highest BCUT2D eigenvalue weighted by Gasteiger charge is 2.49. The van der Waals surface area contributed by atoms with Crippen molar-refractivity contribution in [3.8, 4) is 11.1 Å². The molecule has 4 aromatic carbocycles. The maximum atomic E-state index is 3.69. The molecule has 0 aromatic heterocycles. The van der Waals surface area contributed by atoms with Crippen molar-refractivity contribution in [3.05, 3.63) is 115 Å². The van der Waals surface area contributed by atoms with E-state index in [0.29, 0.717) is 0 Å². The third kappa shape index (κ3) is 2.18. The molecule has 1 heterocycles. The summed E-state index contributed by atoms with van der Waals surface area (Å²) in [6.07, 6.45) is 0. The molecule has 1 spiro atoms. The fraction of sp³-hybridized carbons (Fsp3) is 0.0400. The Morgan fingerprint density at radius 3 is 1.89 bits per heavy atom. The molecule has 3 heteroatoms. The Morgan fingerprint density at radius 2 is 1.21 bits per heavy atom. The molecule has 1 aliphatic carbocycles. The lowest BCUT2D eigenvalue weighted by molar-refractivity contribution is 0.721. The van der Waals surface area contributed by atoms with Crippen molar-refractivity contribution in [2.45, 2.75) is 15.2 Å². The predicted molar refractivity (Wildman–Crippen MR) is 128 cm³/mol. The maximum Gasteiger partial charge on any atom is 0.0735 e. The highest BCUT2D eigenvalue weighted by molar-refractivity contribution is 14.1. The van der Waals surface area contributed by atoms with Gasteiger partial charge in [0.15, 0.2) is 0 Å². The van der Waals surface area contributed by atoms with Gasteiger partial charge in [0.25, 0.3) is 0 Å². The monoisotopic (exact) mass is 552 g/mol. The summed E-state index contributed by atoms with van der Waals surface area (Å²) in [5.74, 6) is 0. The number of hydrogen-bond donors (Lipinski definition) is 0. The Bertz CT molecular complexity index is 1180. The average molecular weight is 553 g/mol. The van der Waals surface area contributed by atoms with E-state index >= 15 is 0 Å². The summed E-state index contributed by atoms with van der Waals surface area (Å²) >= 11 is 8.00. The zero-order valence-electron chi connectivity index (χ0n) is 14.7. The minimum absolute atomic E-state index is 0.256. The van der Waals surface area contributed by atoms with Crippen LogP contribution in [0.25, 0.3) is 11.1 Å². The van der Waals surface area contributed by atoms with Crippen molar-refractivity contribution in [2.24, 2.45) is 0 Å². The number of hydrogen-bond acceptors (Lipinski definition) is 1. The average Bonchev–Trinajstić information content (AvgIpc) is 2.99. The summed E-state index contributed by atoms with van der Waals surface area (Å²) in [5, 5.41) is 0. The van der Waals surface area contributed by atoms with Gasteiger partial charge in [-0.3, -0.25) is 0 Å². The van der Waals surface area contributed by atoms with E-state index in [-0.39, 0.29) is 5.41 Å². The van der Waals surface area contributed by atoms with Gasteiger partial charge < -0.3 is 0 Å². The normalized spacial score (nSPS) is 14.9. The first-order valence-corrected chi connectivity index (χ1v) is 11.9. The van der Waals surface area contributed by atoms with Gasteiger partial charge in [-0.1, -0.05) is 88.4 Å². The van der Waals surface area contributed by atoms with E-state index in [4.69, 9.17) is 0 Å². The van der Waals surface area contributed by atoms with Crippen LogP contribution in [0.2, 0.25) is 0 Å². The summed E-state index contributed by atoms with van der Waals surface area (Å²) < 4.78 is 2.40. The molecule has 0 atom stereocenters. The fourth-order valence-electron chi connectivity index (χ4n) is 4.86. The molecule has 134 valence electrons. The van der Waals surface area contributed by atoms with Crippen molar-refractivity contribution in [2.75, 3.05) is 0 Å². The molecule has 0 unspecified atom stereocenters. The van der Waals surface area contributed by atoms with Gasteiger partial charge in [0.1, 0.15) is 0 Å². The lowest BCUT2D eigenvalue weighted by Gasteiger charge is -2.39. The molecular formula is C25H14BrIS. The van der Waals surface area contributed by atoms with Gasteiger partial charge >= 0.3 is 0 Å². The van der Waals surface area contributed by atoms with Gasteiger partial charge in [-0.2, -0.15) is 0 Å². The number of halogens is 2. The summed E-state index contributed by atoms with van der Waals surface area (Å²) in [7, 11) is 0. The summed E-state index contributed by atoms with van der Waals surface area (Å²) in [6, 6.07) is 31.5. The molecule has 0 bridgehead atoms. The first-order chi connectivity index (χ1) is 13.7. The van der Waals surface area contributed by atoms with E-state index in [1.807, 2.05) is 11.8 Å². The fourth-order valence-corrected chi connectivity index (χ4v) is 7.35. The number of fused-ring (bicyclic) bond motifs is 9. The van der Waals surface area contributed by atoms with E-state index in [1.165, 1.54) is 46.7 Å². The molecule has 0 saturated carbocycles. The van der Waals surface area contributed by atoms with Crippen LogP contribution in [0.5, 0.6) is 0 Å². The zero-order valence-corrected chi connectivity index (χ0v) is 19.3. The van der Waals surface area contributed by atoms with Gasteiger partial charge in [0, 0.05) is 17.8 Å². The van der Waals surface area contributed by atoms with Crippen molar-refractivity contribution >= 4 is 50.3 Å². The Morgan fingerprint density at radius 1 is 0.643 bits per heavy atom. The molecule has 6 rings (SSSR count). The van der Waals surface area contributed by atoms with Crippen LogP contribution in [-0.4, -0.2) is 0 Å². The lowest BCUT2D eigenvalue weighted by atomic mass is 9.67. The molecule has 0 saturated heterocycles. The van der Waals surface area contributed by atoms with E-state index in [1.54, 1.807) is 0 Å². The van der Waals surface area contributed by atoms with E-state index in [2.05, 4.69) is 123 Å². The number of rotatable bonds is 0. The largest absolute Gasteiger partial charge is 0.0893 e. The van der Waals surface area contributed by atoms with Gasteiger partial charge in [-0.15, -0.1) is 0 Å². The highest BCUT2D eigenvalue weighted by atomic mass is 127. The molecular weight excluding hydrogens is 539 g/mol. The molecule has 0 fully saturated rings. The molecule has 28 heavy (non-hydrogen) atoms. The van der Waals surface area contributed by atoms with Crippen LogP contribution in [0.4, 0.5) is 0 Å². The molecule has 0 N–H and O–H groups in total. The van der Waals surface area contributed by atoms with Gasteiger partial charge in [-0.05, 0) is 80.2 Å². The van der Waals surface area contributed by atoms with Crippen LogP contribution < -0.4 is 0 Å². The van der Waals surface area contributed by atoms with Crippen molar-refractivity contribution < 1.29 is 0 Å². The predicted octanol–water partition coefficient (Wildman–Crippen LogP) is 7.88. The summed E-state index contributed by atoms with van der Waals surface area (Å²) in [4.78, 5) is 2.68. The third-order valence-corrected chi connectivity index (χ3v) is 8.15. The first-order valence-electron chi connectivity index (χ1n) is 9.17. The summed E-state index contributed by atoms with van der Waals surface area (Å²) in [6.45, 7) is 0.